The Morgan fingerprint density at radius 2 is 2.38 bits per heavy atom. The first-order valence-corrected chi connectivity index (χ1v) is 6.80. The molecule has 4 nitrogen and oxygen atoms in total. The quantitative estimate of drug-likeness (QED) is 0.910. The second-order valence-electron chi connectivity index (χ2n) is 3.51. The SMILES string of the molecule is CC(C)SCc1noc(-c2sccc2O)n1. The van der Waals surface area contributed by atoms with E-state index in [9.17, 15) is 5.11 Å². The smallest absolute Gasteiger partial charge is 0.271 e. The average Bonchev–Trinajstić information content (AvgIpc) is 2.83. The van der Waals surface area contributed by atoms with Gasteiger partial charge in [0.1, 0.15) is 10.6 Å². The lowest BCUT2D eigenvalue weighted by atomic mass is 10.4. The summed E-state index contributed by atoms with van der Waals surface area (Å²) in [5, 5.41) is 15.7. The van der Waals surface area contributed by atoms with E-state index in [0.29, 0.717) is 21.8 Å². The zero-order valence-corrected chi connectivity index (χ0v) is 10.6. The van der Waals surface area contributed by atoms with E-state index in [4.69, 9.17) is 4.52 Å². The molecule has 0 aromatic carbocycles. The molecule has 86 valence electrons. The Morgan fingerprint density at radius 1 is 1.56 bits per heavy atom. The van der Waals surface area contributed by atoms with Crippen LogP contribution in [0.25, 0.3) is 10.8 Å². The third-order valence-electron chi connectivity index (χ3n) is 1.85. The third-order valence-corrected chi connectivity index (χ3v) is 3.84. The van der Waals surface area contributed by atoms with Crippen molar-refractivity contribution in [2.24, 2.45) is 0 Å². The number of aromatic nitrogens is 2. The maximum Gasteiger partial charge on any atom is 0.271 e. The zero-order chi connectivity index (χ0) is 11.5. The molecule has 2 aromatic rings. The normalized spacial score (nSPS) is 11.2. The molecule has 0 fully saturated rings. The predicted molar refractivity (Wildman–Crippen MR) is 65.7 cm³/mol. The van der Waals surface area contributed by atoms with Crippen molar-refractivity contribution in [1.29, 1.82) is 0 Å². The molecule has 2 rings (SSSR count). The molecule has 2 aromatic heterocycles. The maximum atomic E-state index is 9.51. The van der Waals surface area contributed by atoms with Gasteiger partial charge in [0.2, 0.25) is 0 Å². The monoisotopic (exact) mass is 256 g/mol. The van der Waals surface area contributed by atoms with Gasteiger partial charge in [0.15, 0.2) is 5.82 Å². The summed E-state index contributed by atoms with van der Waals surface area (Å²) in [4.78, 5) is 4.87. The Morgan fingerprint density at radius 3 is 3.00 bits per heavy atom. The number of rotatable bonds is 4. The Labute approximate surface area is 102 Å². The van der Waals surface area contributed by atoms with Crippen LogP contribution in [0.3, 0.4) is 0 Å². The maximum absolute atomic E-state index is 9.51. The van der Waals surface area contributed by atoms with Crippen LogP contribution < -0.4 is 0 Å². The topological polar surface area (TPSA) is 59.2 Å². The molecule has 0 bridgehead atoms. The molecule has 0 aliphatic heterocycles. The molecule has 0 aliphatic carbocycles. The summed E-state index contributed by atoms with van der Waals surface area (Å²) in [6.07, 6.45) is 0. The minimum absolute atomic E-state index is 0.191. The van der Waals surface area contributed by atoms with Crippen LogP contribution in [0.2, 0.25) is 0 Å². The van der Waals surface area contributed by atoms with Crippen LogP contribution >= 0.6 is 23.1 Å². The molecule has 16 heavy (non-hydrogen) atoms. The number of hydrogen-bond acceptors (Lipinski definition) is 6. The van der Waals surface area contributed by atoms with Crippen molar-refractivity contribution in [1.82, 2.24) is 10.1 Å². The van der Waals surface area contributed by atoms with Gasteiger partial charge in [-0.3, -0.25) is 0 Å². The van der Waals surface area contributed by atoms with Gasteiger partial charge in [-0.1, -0.05) is 19.0 Å². The number of hydrogen-bond donors (Lipinski definition) is 1. The summed E-state index contributed by atoms with van der Waals surface area (Å²) in [5.74, 6) is 1.98. The summed E-state index contributed by atoms with van der Waals surface area (Å²) >= 11 is 3.14. The molecule has 1 N–H and O–H groups in total. The largest absolute Gasteiger partial charge is 0.506 e. The molecule has 0 amide bonds. The van der Waals surface area contributed by atoms with Crippen molar-refractivity contribution < 1.29 is 9.63 Å². The minimum atomic E-state index is 0.191. The van der Waals surface area contributed by atoms with Crippen LogP contribution in [0.5, 0.6) is 5.75 Å². The van der Waals surface area contributed by atoms with Crippen molar-refractivity contribution in [3.8, 4) is 16.5 Å². The van der Waals surface area contributed by atoms with Gasteiger partial charge in [-0.15, -0.1) is 11.3 Å². The summed E-state index contributed by atoms with van der Waals surface area (Å²) < 4.78 is 5.10. The van der Waals surface area contributed by atoms with Gasteiger partial charge in [0, 0.05) is 0 Å². The highest BCUT2D eigenvalue weighted by molar-refractivity contribution is 7.99. The van der Waals surface area contributed by atoms with Crippen LogP contribution in [-0.2, 0) is 5.75 Å². The number of nitrogens with zero attached hydrogens (tertiary/aromatic N) is 2. The van der Waals surface area contributed by atoms with Crippen LogP contribution in [0.1, 0.15) is 19.7 Å². The van der Waals surface area contributed by atoms with Crippen LogP contribution in [-0.4, -0.2) is 20.5 Å². The van der Waals surface area contributed by atoms with Gasteiger partial charge in [-0.2, -0.15) is 16.7 Å². The highest BCUT2D eigenvalue weighted by Crippen LogP contribution is 2.33. The Hall–Kier alpha value is -1.01. The predicted octanol–water partition coefficient (Wildman–Crippen LogP) is 3.15. The second kappa shape index (κ2) is 4.88. The van der Waals surface area contributed by atoms with Gasteiger partial charge in [-0.25, -0.2) is 0 Å². The van der Waals surface area contributed by atoms with E-state index in [1.165, 1.54) is 11.3 Å². The summed E-state index contributed by atoms with van der Waals surface area (Å²) in [5.41, 5.74) is 0. The van der Waals surface area contributed by atoms with E-state index in [1.54, 1.807) is 23.2 Å². The van der Waals surface area contributed by atoms with Crippen LogP contribution in [0.15, 0.2) is 16.0 Å². The zero-order valence-electron chi connectivity index (χ0n) is 9.01. The lowest BCUT2D eigenvalue weighted by Crippen LogP contribution is -1.90. The van der Waals surface area contributed by atoms with Crippen molar-refractivity contribution in [3.63, 3.8) is 0 Å². The first kappa shape index (κ1) is 11.5. The van der Waals surface area contributed by atoms with E-state index in [2.05, 4.69) is 24.0 Å². The molecule has 0 aliphatic rings. The Kier molecular flexibility index (Phi) is 3.50. The summed E-state index contributed by atoms with van der Waals surface area (Å²) in [7, 11) is 0. The lowest BCUT2D eigenvalue weighted by molar-refractivity contribution is 0.421. The number of aromatic hydroxyl groups is 1. The first-order valence-electron chi connectivity index (χ1n) is 4.88. The van der Waals surface area contributed by atoms with Crippen LogP contribution in [0, 0.1) is 0 Å². The van der Waals surface area contributed by atoms with E-state index < -0.39 is 0 Å². The fourth-order valence-corrected chi connectivity index (χ4v) is 2.41. The molecule has 2 heterocycles. The molecule has 0 unspecified atom stereocenters. The van der Waals surface area contributed by atoms with Gasteiger partial charge in [-0.05, 0) is 16.7 Å². The summed E-state index contributed by atoms with van der Waals surface area (Å²) in [6, 6.07) is 1.62. The fraction of sp³-hybridized carbons (Fsp3) is 0.400. The van der Waals surface area contributed by atoms with Crippen molar-refractivity contribution in [2.45, 2.75) is 24.9 Å². The van der Waals surface area contributed by atoms with E-state index >= 15 is 0 Å². The molecule has 0 radical (unpaired) electrons. The first-order chi connectivity index (χ1) is 7.66. The highest BCUT2D eigenvalue weighted by Gasteiger charge is 2.14. The molecule has 0 atom stereocenters. The Bertz CT molecular complexity index is 465. The molecule has 0 saturated heterocycles. The van der Waals surface area contributed by atoms with Gasteiger partial charge in [0.05, 0.1) is 5.75 Å². The standard InChI is InChI=1S/C10H12N2O2S2/c1-6(2)16-5-8-11-10(14-12-8)9-7(13)3-4-15-9/h3-4,6,13H,5H2,1-2H3. The van der Waals surface area contributed by atoms with E-state index in [-0.39, 0.29) is 5.75 Å². The summed E-state index contributed by atoms with van der Waals surface area (Å²) in [6.45, 7) is 4.24. The van der Waals surface area contributed by atoms with Crippen LogP contribution in [0.4, 0.5) is 0 Å². The van der Waals surface area contributed by atoms with Gasteiger partial charge < -0.3 is 9.63 Å². The van der Waals surface area contributed by atoms with E-state index in [1.807, 2.05) is 0 Å². The van der Waals surface area contributed by atoms with Crippen molar-refractivity contribution in [2.75, 3.05) is 0 Å². The van der Waals surface area contributed by atoms with Crippen molar-refractivity contribution in [3.05, 3.63) is 17.3 Å². The molecular formula is C10H12N2O2S2. The van der Waals surface area contributed by atoms with Gasteiger partial charge >= 0.3 is 0 Å². The highest BCUT2D eigenvalue weighted by atomic mass is 32.2. The molecule has 0 saturated carbocycles. The van der Waals surface area contributed by atoms with E-state index in [0.717, 1.165) is 5.75 Å². The number of thioether (sulfide) groups is 1. The fourth-order valence-electron chi connectivity index (χ4n) is 1.11. The van der Waals surface area contributed by atoms with Gasteiger partial charge in [0.25, 0.3) is 5.89 Å². The Balaban J connectivity index is 2.11. The average molecular weight is 256 g/mol. The third kappa shape index (κ3) is 2.56. The lowest BCUT2D eigenvalue weighted by Gasteiger charge is -1.98. The number of thiophene rings is 1. The molecule has 0 spiro atoms. The minimum Gasteiger partial charge on any atom is -0.506 e. The molecule has 6 heteroatoms. The molecular weight excluding hydrogens is 244 g/mol. The van der Waals surface area contributed by atoms with Crippen molar-refractivity contribution >= 4 is 23.1 Å². The second-order valence-corrected chi connectivity index (χ2v) is 5.99.